The van der Waals surface area contributed by atoms with E-state index in [2.05, 4.69) is 0 Å². The Morgan fingerprint density at radius 1 is 1.09 bits per heavy atom. The number of hydrogen-bond donors (Lipinski definition) is 2. The summed E-state index contributed by atoms with van der Waals surface area (Å²) < 4.78 is 0. The molecular formula is C24H25N3O3S2. The topological polar surface area (TPSA) is 92.2 Å². The third kappa shape index (κ3) is 4.27. The number of aryl methyl sites for hydroxylation is 2. The Labute approximate surface area is 194 Å². The predicted octanol–water partition coefficient (Wildman–Crippen LogP) is 5.52. The van der Waals surface area contributed by atoms with Crippen molar-refractivity contribution in [2.75, 3.05) is 0 Å². The highest BCUT2D eigenvalue weighted by Crippen LogP contribution is 2.47. The van der Waals surface area contributed by atoms with Gasteiger partial charge in [0.15, 0.2) is 15.8 Å². The minimum atomic E-state index is -0.548. The number of nitrogens with zero attached hydrogens (tertiary/aromatic N) is 2. The van der Waals surface area contributed by atoms with Crippen LogP contribution >= 0.6 is 22.7 Å². The summed E-state index contributed by atoms with van der Waals surface area (Å²) in [5.41, 5.74) is 4.84. The van der Waals surface area contributed by atoms with Crippen molar-refractivity contribution in [3.8, 4) is 10.0 Å². The number of nitrogens with one attached hydrogen (secondary N) is 1. The van der Waals surface area contributed by atoms with Gasteiger partial charge < -0.3 is 0 Å². The molecular weight excluding hydrogens is 442 g/mol. The second-order valence-corrected chi connectivity index (χ2v) is 10.8. The number of Topliss-reactive ketones (excluding diaryl/α,β-unsaturated/α-hetero) is 1. The lowest BCUT2D eigenvalue weighted by Gasteiger charge is -2.11. The quantitative estimate of drug-likeness (QED) is 0.271. The summed E-state index contributed by atoms with van der Waals surface area (Å²) in [4.78, 5) is 37.0. The summed E-state index contributed by atoms with van der Waals surface area (Å²) in [6.07, 6.45) is 7.20. The van der Waals surface area contributed by atoms with E-state index in [1.165, 1.54) is 23.4 Å². The SMILES string of the molecule is C[C@H](CC(=O)c1nc(-c2nc3c(s2)CCCC3)sc1C1CC1)c1ccc(C(=O)NO)cc1. The summed E-state index contributed by atoms with van der Waals surface area (Å²) >= 11 is 3.40. The highest BCUT2D eigenvalue weighted by molar-refractivity contribution is 7.21. The largest absolute Gasteiger partial charge is 0.292 e. The molecule has 2 aliphatic carbocycles. The molecule has 6 nitrogen and oxygen atoms in total. The lowest BCUT2D eigenvalue weighted by Crippen LogP contribution is -2.18. The molecule has 1 atom stereocenters. The Bertz CT molecular complexity index is 1140. The second kappa shape index (κ2) is 8.84. The molecule has 0 unspecified atom stereocenters. The first kappa shape index (κ1) is 21.4. The van der Waals surface area contributed by atoms with Gasteiger partial charge in [0.1, 0.15) is 5.69 Å². The van der Waals surface area contributed by atoms with Crippen molar-refractivity contribution < 1.29 is 14.8 Å². The van der Waals surface area contributed by atoms with Crippen molar-refractivity contribution in [1.29, 1.82) is 0 Å². The van der Waals surface area contributed by atoms with Crippen LogP contribution in [0.5, 0.6) is 0 Å². The number of carbonyl (C=O) groups excluding carboxylic acids is 2. The zero-order valence-electron chi connectivity index (χ0n) is 17.9. The first-order valence-corrected chi connectivity index (χ1v) is 12.7. The van der Waals surface area contributed by atoms with Crippen molar-refractivity contribution in [1.82, 2.24) is 15.4 Å². The molecule has 2 aromatic heterocycles. The number of hydrogen-bond acceptors (Lipinski definition) is 7. The first-order valence-electron chi connectivity index (χ1n) is 11.1. The van der Waals surface area contributed by atoms with Gasteiger partial charge in [0, 0.05) is 21.7 Å². The Balaban J connectivity index is 1.36. The number of ketones is 1. The van der Waals surface area contributed by atoms with E-state index >= 15 is 0 Å². The summed E-state index contributed by atoms with van der Waals surface area (Å²) in [5.74, 6) is -0.0203. The number of fused-ring (bicyclic) bond motifs is 1. The molecule has 2 N–H and O–H groups in total. The molecule has 1 aromatic carbocycles. The van der Waals surface area contributed by atoms with Gasteiger partial charge in [0.05, 0.1) is 5.69 Å². The summed E-state index contributed by atoms with van der Waals surface area (Å²) in [5, 5.41) is 10.6. The molecule has 1 fully saturated rings. The van der Waals surface area contributed by atoms with Crippen LogP contribution in [0.25, 0.3) is 10.0 Å². The molecule has 32 heavy (non-hydrogen) atoms. The van der Waals surface area contributed by atoms with Gasteiger partial charge in [-0.15, -0.1) is 22.7 Å². The normalized spacial score (nSPS) is 16.4. The molecule has 2 aliphatic rings. The molecule has 5 rings (SSSR count). The number of carbonyl (C=O) groups is 2. The van der Waals surface area contributed by atoms with Crippen LogP contribution < -0.4 is 5.48 Å². The van der Waals surface area contributed by atoms with E-state index in [1.807, 2.05) is 19.1 Å². The fourth-order valence-corrected chi connectivity index (χ4v) is 6.63. The van der Waals surface area contributed by atoms with Gasteiger partial charge in [0.25, 0.3) is 5.91 Å². The Morgan fingerprint density at radius 2 is 1.81 bits per heavy atom. The number of thiazole rings is 2. The number of hydroxylamine groups is 1. The van der Waals surface area contributed by atoms with E-state index in [0.29, 0.717) is 23.6 Å². The van der Waals surface area contributed by atoms with Crippen molar-refractivity contribution in [2.45, 2.75) is 63.7 Å². The van der Waals surface area contributed by atoms with Gasteiger partial charge in [-0.1, -0.05) is 19.1 Å². The zero-order valence-corrected chi connectivity index (χ0v) is 19.5. The maximum Gasteiger partial charge on any atom is 0.274 e. The highest BCUT2D eigenvalue weighted by Gasteiger charge is 2.33. The van der Waals surface area contributed by atoms with Crippen molar-refractivity contribution >= 4 is 34.4 Å². The average molecular weight is 468 g/mol. The lowest BCUT2D eigenvalue weighted by molar-refractivity contribution is 0.0706. The van der Waals surface area contributed by atoms with Crippen LogP contribution in [0.3, 0.4) is 0 Å². The molecule has 0 spiro atoms. The maximum atomic E-state index is 13.3. The standard InChI is InChI=1S/C24H25N3O3S2/c1-13(14-6-10-16(11-7-14)22(29)27-30)12-18(28)20-21(15-8-9-15)32-24(26-20)23-25-17-4-2-3-5-19(17)31-23/h6-7,10-11,13,15,30H,2-5,8-9,12H2,1H3,(H,27,29)/t13-/m1/s1. The molecule has 3 aromatic rings. The van der Waals surface area contributed by atoms with Crippen molar-refractivity contribution in [3.05, 3.63) is 56.5 Å². The third-order valence-electron chi connectivity index (χ3n) is 6.23. The average Bonchev–Trinajstić information content (AvgIpc) is 3.41. The van der Waals surface area contributed by atoms with Crippen molar-refractivity contribution in [2.24, 2.45) is 0 Å². The van der Waals surface area contributed by atoms with Crippen LogP contribution in [0.4, 0.5) is 0 Å². The first-order chi connectivity index (χ1) is 15.5. The van der Waals surface area contributed by atoms with Crippen LogP contribution in [0, 0.1) is 0 Å². The summed E-state index contributed by atoms with van der Waals surface area (Å²) in [7, 11) is 0. The fourth-order valence-electron chi connectivity index (χ4n) is 4.21. The molecule has 8 heteroatoms. The number of amides is 1. The molecule has 2 heterocycles. The van der Waals surface area contributed by atoms with Gasteiger partial charge in [-0.25, -0.2) is 15.4 Å². The third-order valence-corrected chi connectivity index (χ3v) is 8.75. The Morgan fingerprint density at radius 3 is 2.50 bits per heavy atom. The van der Waals surface area contributed by atoms with E-state index in [9.17, 15) is 9.59 Å². The zero-order chi connectivity index (χ0) is 22.2. The van der Waals surface area contributed by atoms with Gasteiger partial charge in [-0.2, -0.15) is 0 Å². The van der Waals surface area contributed by atoms with Crippen LogP contribution in [0.15, 0.2) is 24.3 Å². The number of benzene rings is 1. The monoisotopic (exact) mass is 467 g/mol. The van der Waals surface area contributed by atoms with Gasteiger partial charge >= 0.3 is 0 Å². The molecule has 0 aliphatic heterocycles. The van der Waals surface area contributed by atoms with E-state index < -0.39 is 5.91 Å². The molecule has 1 amide bonds. The molecule has 0 radical (unpaired) electrons. The summed E-state index contributed by atoms with van der Waals surface area (Å²) in [6, 6.07) is 6.97. The predicted molar refractivity (Wildman–Crippen MR) is 125 cm³/mol. The molecule has 166 valence electrons. The Hall–Kier alpha value is -2.42. The minimum Gasteiger partial charge on any atom is -0.292 e. The van der Waals surface area contributed by atoms with E-state index in [0.717, 1.165) is 46.1 Å². The number of aromatic nitrogens is 2. The van der Waals surface area contributed by atoms with E-state index in [-0.39, 0.29) is 11.7 Å². The second-order valence-electron chi connectivity index (χ2n) is 8.69. The number of rotatable bonds is 7. The molecule has 0 bridgehead atoms. The molecule has 0 saturated heterocycles. The lowest BCUT2D eigenvalue weighted by atomic mass is 9.93. The van der Waals surface area contributed by atoms with Crippen LogP contribution in [0.1, 0.15) is 92.7 Å². The van der Waals surface area contributed by atoms with E-state index in [1.54, 1.807) is 40.3 Å². The minimum absolute atomic E-state index is 0.00174. The Kier molecular flexibility index (Phi) is 5.92. The van der Waals surface area contributed by atoms with E-state index in [4.69, 9.17) is 15.2 Å². The van der Waals surface area contributed by atoms with Gasteiger partial charge in [-0.05, 0) is 68.1 Å². The fraction of sp³-hybridized carbons (Fsp3) is 0.417. The van der Waals surface area contributed by atoms with Crippen molar-refractivity contribution in [3.63, 3.8) is 0 Å². The van der Waals surface area contributed by atoms with Crippen LogP contribution in [-0.4, -0.2) is 26.9 Å². The van der Waals surface area contributed by atoms with Crippen LogP contribution in [-0.2, 0) is 12.8 Å². The highest BCUT2D eigenvalue weighted by atomic mass is 32.1. The summed E-state index contributed by atoms with van der Waals surface area (Å²) in [6.45, 7) is 2.01. The smallest absolute Gasteiger partial charge is 0.274 e. The van der Waals surface area contributed by atoms with Gasteiger partial charge in [0.2, 0.25) is 0 Å². The molecule has 1 saturated carbocycles. The maximum absolute atomic E-state index is 13.3. The van der Waals surface area contributed by atoms with Gasteiger partial charge in [-0.3, -0.25) is 14.8 Å². The van der Waals surface area contributed by atoms with Crippen LogP contribution in [0.2, 0.25) is 0 Å².